The summed E-state index contributed by atoms with van der Waals surface area (Å²) in [5, 5.41) is 0.847. The maximum absolute atomic E-state index is 5.83. The topological polar surface area (TPSA) is 72.5 Å². The zero-order chi connectivity index (χ0) is 12.0. The molecule has 86 valence electrons. The van der Waals surface area contributed by atoms with Crippen molar-refractivity contribution in [3.05, 3.63) is 23.2 Å². The molecule has 0 atom stereocenters. The van der Waals surface area contributed by atoms with E-state index in [1.54, 1.807) is 0 Å². The van der Waals surface area contributed by atoms with Crippen molar-refractivity contribution < 1.29 is 0 Å². The number of aromatic nitrogens is 4. The van der Waals surface area contributed by atoms with Crippen molar-refractivity contribution in [2.24, 2.45) is 0 Å². The highest BCUT2D eigenvalue weighted by atomic mass is 32.1. The Morgan fingerprint density at radius 1 is 1.41 bits per heavy atom. The zero-order valence-corrected chi connectivity index (χ0v) is 10.1. The molecule has 5 nitrogen and oxygen atoms in total. The van der Waals surface area contributed by atoms with Gasteiger partial charge in [0.2, 0.25) is 0 Å². The molecule has 6 heteroatoms. The third-order valence-corrected chi connectivity index (χ3v) is 3.20. The Morgan fingerprint density at radius 3 is 3.00 bits per heavy atom. The number of fused-ring (bicyclic) bond motifs is 2. The fraction of sp³-hybridized carbons (Fsp3) is 0.182. The van der Waals surface area contributed by atoms with Gasteiger partial charge < -0.3 is 15.3 Å². The summed E-state index contributed by atoms with van der Waals surface area (Å²) in [7, 11) is 0. The summed E-state index contributed by atoms with van der Waals surface area (Å²) in [5.41, 5.74) is 8.67. The van der Waals surface area contributed by atoms with E-state index in [4.69, 9.17) is 18.0 Å². The fourth-order valence-corrected chi connectivity index (χ4v) is 2.38. The first-order valence-electron chi connectivity index (χ1n) is 5.33. The molecule has 0 amide bonds. The Bertz CT molecular complexity index is 770. The molecule has 0 spiro atoms. The van der Waals surface area contributed by atoms with Crippen LogP contribution in [0.1, 0.15) is 6.92 Å². The van der Waals surface area contributed by atoms with Crippen LogP contribution in [0.3, 0.4) is 0 Å². The van der Waals surface area contributed by atoms with Crippen LogP contribution < -0.4 is 5.73 Å². The van der Waals surface area contributed by atoms with Gasteiger partial charge in [-0.3, -0.25) is 0 Å². The maximum atomic E-state index is 5.83. The molecule has 0 saturated heterocycles. The number of anilines is 1. The number of aromatic amines is 1. The Hall–Kier alpha value is -1.95. The van der Waals surface area contributed by atoms with E-state index in [-0.39, 0.29) is 0 Å². The second-order valence-corrected chi connectivity index (χ2v) is 4.21. The molecule has 0 bridgehead atoms. The highest BCUT2D eigenvalue weighted by Gasteiger charge is 2.07. The van der Waals surface area contributed by atoms with Gasteiger partial charge in [0, 0.05) is 11.9 Å². The van der Waals surface area contributed by atoms with Crippen molar-refractivity contribution in [3.8, 4) is 0 Å². The van der Waals surface area contributed by atoms with Crippen molar-refractivity contribution in [1.29, 1.82) is 0 Å². The number of nitrogens with one attached hydrogen (secondary N) is 1. The monoisotopic (exact) mass is 245 g/mol. The minimum atomic E-state index is 0.487. The highest BCUT2D eigenvalue weighted by Crippen LogP contribution is 2.23. The van der Waals surface area contributed by atoms with Crippen LogP contribution in [0, 0.1) is 4.77 Å². The van der Waals surface area contributed by atoms with E-state index in [9.17, 15) is 0 Å². The molecule has 0 radical (unpaired) electrons. The molecule has 0 fully saturated rings. The SMILES string of the molecule is CCn1c(=S)[nH]c2cc3c(N)ncnc3cc21. The van der Waals surface area contributed by atoms with Crippen LogP contribution in [0.4, 0.5) is 5.82 Å². The summed E-state index contributed by atoms with van der Waals surface area (Å²) >= 11 is 5.26. The van der Waals surface area contributed by atoms with Crippen LogP contribution in [-0.2, 0) is 6.54 Å². The minimum absolute atomic E-state index is 0.487. The smallest absolute Gasteiger partial charge is 0.178 e. The summed E-state index contributed by atoms with van der Waals surface area (Å²) in [4.78, 5) is 11.4. The summed E-state index contributed by atoms with van der Waals surface area (Å²) in [6, 6.07) is 3.93. The molecule has 17 heavy (non-hydrogen) atoms. The molecular formula is C11H11N5S. The quantitative estimate of drug-likeness (QED) is 0.645. The lowest BCUT2D eigenvalue weighted by Crippen LogP contribution is -1.95. The van der Waals surface area contributed by atoms with E-state index in [1.807, 2.05) is 16.7 Å². The van der Waals surface area contributed by atoms with Crippen molar-refractivity contribution in [3.63, 3.8) is 0 Å². The second-order valence-electron chi connectivity index (χ2n) is 3.82. The molecule has 0 aliphatic carbocycles. The number of nitrogens with two attached hydrogens (primary N) is 1. The van der Waals surface area contributed by atoms with E-state index in [0.717, 1.165) is 28.5 Å². The summed E-state index contributed by atoms with van der Waals surface area (Å²) in [6.45, 7) is 2.88. The third kappa shape index (κ3) is 1.41. The fourth-order valence-electron chi connectivity index (χ4n) is 2.04. The minimum Gasteiger partial charge on any atom is -0.383 e. The standard InChI is InChI=1S/C11H11N5S/c1-2-16-9-4-7-6(10(12)14-5-13-7)3-8(9)15-11(16)17/h3-5H,2H2,1H3,(H,15,17)(H2,12,13,14). The maximum Gasteiger partial charge on any atom is 0.178 e. The predicted octanol–water partition coefficient (Wildman–Crippen LogP) is 2.24. The summed E-state index contributed by atoms with van der Waals surface area (Å²) in [5.74, 6) is 0.487. The molecule has 3 aromatic rings. The molecule has 3 N–H and O–H groups in total. The Kier molecular flexibility index (Phi) is 2.12. The highest BCUT2D eigenvalue weighted by molar-refractivity contribution is 7.71. The van der Waals surface area contributed by atoms with Gasteiger partial charge in [0.1, 0.15) is 12.1 Å². The number of aryl methyl sites for hydroxylation is 1. The van der Waals surface area contributed by atoms with Gasteiger partial charge in [0.25, 0.3) is 0 Å². The van der Waals surface area contributed by atoms with Gasteiger partial charge in [0.05, 0.1) is 16.6 Å². The van der Waals surface area contributed by atoms with Crippen molar-refractivity contribution in [2.75, 3.05) is 5.73 Å². The lowest BCUT2D eigenvalue weighted by Gasteiger charge is -2.02. The number of benzene rings is 1. The van der Waals surface area contributed by atoms with Gasteiger partial charge in [-0.25, -0.2) is 9.97 Å². The van der Waals surface area contributed by atoms with Crippen LogP contribution in [0.5, 0.6) is 0 Å². The third-order valence-electron chi connectivity index (χ3n) is 2.88. The zero-order valence-electron chi connectivity index (χ0n) is 9.27. The van der Waals surface area contributed by atoms with Gasteiger partial charge in [-0.1, -0.05) is 0 Å². The van der Waals surface area contributed by atoms with Crippen LogP contribution in [0.15, 0.2) is 18.5 Å². The average Bonchev–Trinajstić information content (AvgIpc) is 2.62. The van der Waals surface area contributed by atoms with Crippen LogP contribution in [-0.4, -0.2) is 19.5 Å². The first-order chi connectivity index (χ1) is 8.20. The lowest BCUT2D eigenvalue weighted by molar-refractivity contribution is 0.774. The number of hydrogen-bond donors (Lipinski definition) is 2. The van der Waals surface area contributed by atoms with Crippen molar-refractivity contribution >= 4 is 40.0 Å². The summed E-state index contributed by atoms with van der Waals surface area (Å²) < 4.78 is 2.74. The van der Waals surface area contributed by atoms with Gasteiger partial charge in [-0.05, 0) is 31.3 Å². The normalized spacial score (nSPS) is 11.4. The van der Waals surface area contributed by atoms with E-state index in [0.29, 0.717) is 10.6 Å². The molecule has 2 heterocycles. The first kappa shape index (κ1) is 10.2. The Labute approximate surface area is 102 Å². The van der Waals surface area contributed by atoms with Crippen LogP contribution >= 0.6 is 12.2 Å². The molecule has 0 saturated carbocycles. The van der Waals surface area contributed by atoms with E-state index in [2.05, 4.69) is 21.9 Å². The first-order valence-corrected chi connectivity index (χ1v) is 5.74. The molecule has 2 aromatic heterocycles. The van der Waals surface area contributed by atoms with Gasteiger partial charge in [-0.15, -0.1) is 0 Å². The van der Waals surface area contributed by atoms with E-state index >= 15 is 0 Å². The summed E-state index contributed by atoms with van der Waals surface area (Å²) in [6.07, 6.45) is 1.47. The number of nitrogens with zero attached hydrogens (tertiary/aromatic N) is 3. The number of rotatable bonds is 1. The van der Waals surface area contributed by atoms with Gasteiger partial charge >= 0.3 is 0 Å². The molecule has 1 aromatic carbocycles. The Balaban J connectivity index is 2.52. The average molecular weight is 245 g/mol. The molecule has 0 aliphatic rings. The van der Waals surface area contributed by atoms with Crippen molar-refractivity contribution in [1.82, 2.24) is 19.5 Å². The molecule has 3 rings (SSSR count). The number of H-pyrrole nitrogens is 1. The van der Waals surface area contributed by atoms with Gasteiger partial charge in [-0.2, -0.15) is 0 Å². The van der Waals surface area contributed by atoms with Gasteiger partial charge in [0.15, 0.2) is 4.77 Å². The van der Waals surface area contributed by atoms with Crippen molar-refractivity contribution in [2.45, 2.75) is 13.5 Å². The van der Waals surface area contributed by atoms with Crippen LogP contribution in [0.2, 0.25) is 0 Å². The lowest BCUT2D eigenvalue weighted by atomic mass is 10.2. The van der Waals surface area contributed by atoms with Crippen LogP contribution in [0.25, 0.3) is 21.9 Å². The number of nitrogen functional groups attached to an aromatic ring is 1. The molecule has 0 unspecified atom stereocenters. The molecule has 0 aliphatic heterocycles. The Morgan fingerprint density at radius 2 is 2.24 bits per heavy atom. The van der Waals surface area contributed by atoms with E-state index < -0.39 is 0 Å². The second kappa shape index (κ2) is 3.53. The number of imidazole rings is 1. The molecular weight excluding hydrogens is 234 g/mol. The number of hydrogen-bond acceptors (Lipinski definition) is 4. The van der Waals surface area contributed by atoms with E-state index in [1.165, 1.54) is 6.33 Å². The predicted molar refractivity (Wildman–Crippen MR) is 70.3 cm³/mol. The largest absolute Gasteiger partial charge is 0.383 e.